The zero-order valence-corrected chi connectivity index (χ0v) is 16.8. The van der Waals surface area contributed by atoms with Gasteiger partial charge in [0.05, 0.1) is 5.56 Å². The maximum absolute atomic E-state index is 14.7. The first kappa shape index (κ1) is 24.0. The molecular weight excluding hydrogens is 433 g/mol. The van der Waals surface area contributed by atoms with Gasteiger partial charge in [0.1, 0.15) is 11.7 Å². The Hall–Kier alpha value is -2.28. The average molecular weight is 451 g/mol. The van der Waals surface area contributed by atoms with E-state index in [4.69, 9.17) is 11.6 Å². The topological polar surface area (TPSA) is 0 Å². The highest BCUT2D eigenvalue weighted by Crippen LogP contribution is 2.41. The number of aryl methyl sites for hydroxylation is 1. The number of benzene rings is 2. The van der Waals surface area contributed by atoms with E-state index >= 15 is 0 Å². The van der Waals surface area contributed by atoms with Crippen molar-refractivity contribution in [3.63, 3.8) is 0 Å². The normalized spacial score (nSPS) is 14.0. The van der Waals surface area contributed by atoms with Crippen LogP contribution in [-0.4, -0.2) is 6.18 Å². The van der Waals surface area contributed by atoms with Gasteiger partial charge in [-0.05, 0) is 48.2 Å². The predicted molar refractivity (Wildman–Crippen MR) is 105 cm³/mol. The molecule has 2 rings (SSSR count). The molecule has 0 spiro atoms. The van der Waals surface area contributed by atoms with Gasteiger partial charge in [-0.25, -0.2) is 4.39 Å². The predicted octanol–water partition coefficient (Wildman–Crippen LogP) is 8.61. The molecule has 0 amide bonds. The number of allylic oxidation sites excluding steroid dienone is 2. The zero-order chi connectivity index (χ0) is 22.9. The van der Waals surface area contributed by atoms with Gasteiger partial charge in [0, 0.05) is 10.6 Å². The van der Waals surface area contributed by atoms with Crippen LogP contribution in [0.15, 0.2) is 49.1 Å². The summed E-state index contributed by atoms with van der Waals surface area (Å²) in [7, 11) is 0. The van der Waals surface area contributed by atoms with Crippen molar-refractivity contribution in [1.82, 2.24) is 0 Å². The Bertz CT molecular complexity index is 968. The Morgan fingerprint density at radius 2 is 1.70 bits per heavy atom. The number of hydrogen-bond acceptors (Lipinski definition) is 0. The molecule has 1 atom stereocenters. The molecule has 0 saturated carbocycles. The van der Waals surface area contributed by atoms with Gasteiger partial charge in [0.15, 0.2) is 0 Å². The summed E-state index contributed by atoms with van der Waals surface area (Å²) in [6.45, 7) is 6.57. The number of rotatable bonds is 5. The molecule has 2 aromatic rings. The molecule has 2 aromatic carbocycles. The molecule has 0 saturated heterocycles. The fourth-order valence-electron chi connectivity index (χ4n) is 2.97. The van der Waals surface area contributed by atoms with Crippen LogP contribution < -0.4 is 0 Å². The highest BCUT2D eigenvalue weighted by atomic mass is 35.5. The van der Waals surface area contributed by atoms with E-state index < -0.39 is 35.2 Å². The molecule has 1 unspecified atom stereocenters. The Balaban J connectivity index is 2.57. The summed E-state index contributed by atoms with van der Waals surface area (Å²) in [5.74, 6) is -3.80. The minimum Gasteiger partial charge on any atom is -0.207 e. The van der Waals surface area contributed by atoms with Crippen LogP contribution in [0.2, 0.25) is 5.02 Å². The van der Waals surface area contributed by atoms with Gasteiger partial charge in [0.2, 0.25) is 0 Å². The van der Waals surface area contributed by atoms with Gasteiger partial charge >= 0.3 is 12.4 Å². The van der Waals surface area contributed by atoms with Crippen LogP contribution in [0.4, 0.5) is 30.7 Å². The van der Waals surface area contributed by atoms with Gasteiger partial charge in [0.25, 0.3) is 0 Å². The summed E-state index contributed by atoms with van der Waals surface area (Å²) in [5.41, 5.74) is -1.64. The molecule has 0 aliphatic carbocycles. The minimum absolute atomic E-state index is 0.0945. The minimum atomic E-state index is -4.88. The first-order chi connectivity index (χ1) is 13.8. The lowest BCUT2D eigenvalue weighted by molar-refractivity contribution is -0.140. The van der Waals surface area contributed by atoms with Crippen LogP contribution in [0.1, 0.15) is 47.6 Å². The third-order valence-electron chi connectivity index (χ3n) is 4.54. The molecule has 0 aromatic heterocycles. The van der Waals surface area contributed by atoms with E-state index in [1.807, 2.05) is 0 Å². The smallest absolute Gasteiger partial charge is 0.207 e. The maximum Gasteiger partial charge on any atom is 0.417 e. The quantitative estimate of drug-likeness (QED) is 0.400. The molecule has 0 heterocycles. The molecule has 0 N–H and O–H groups in total. The molecular formula is C22H18ClF7. The van der Waals surface area contributed by atoms with Crippen molar-refractivity contribution in [2.45, 2.75) is 38.5 Å². The van der Waals surface area contributed by atoms with Crippen molar-refractivity contribution in [1.29, 1.82) is 0 Å². The van der Waals surface area contributed by atoms with Crippen molar-refractivity contribution in [3.8, 4) is 0 Å². The summed E-state index contributed by atoms with van der Waals surface area (Å²) >= 11 is 5.98. The third-order valence-corrected chi connectivity index (χ3v) is 4.90. The monoisotopic (exact) mass is 450 g/mol. The lowest BCUT2D eigenvalue weighted by Gasteiger charge is -2.19. The zero-order valence-electron chi connectivity index (χ0n) is 16.1. The van der Waals surface area contributed by atoms with E-state index in [-0.39, 0.29) is 27.8 Å². The first-order valence-corrected chi connectivity index (χ1v) is 9.23. The molecule has 8 heteroatoms. The van der Waals surface area contributed by atoms with Gasteiger partial charge in [-0.2, -0.15) is 26.3 Å². The highest BCUT2D eigenvalue weighted by Gasteiger charge is 2.40. The summed E-state index contributed by atoms with van der Waals surface area (Å²) in [6.07, 6.45) is -8.95. The first-order valence-electron chi connectivity index (χ1n) is 8.85. The van der Waals surface area contributed by atoms with Crippen LogP contribution >= 0.6 is 11.6 Å². The molecule has 0 fully saturated rings. The Morgan fingerprint density at radius 3 is 2.17 bits per heavy atom. The van der Waals surface area contributed by atoms with Crippen LogP contribution in [0.25, 0.3) is 11.4 Å². The lowest BCUT2D eigenvalue weighted by Crippen LogP contribution is -2.19. The van der Waals surface area contributed by atoms with Crippen molar-refractivity contribution in [2.24, 2.45) is 0 Å². The van der Waals surface area contributed by atoms with Crippen LogP contribution in [0.5, 0.6) is 0 Å². The molecule has 0 nitrogen and oxygen atoms in total. The second-order valence-corrected chi connectivity index (χ2v) is 7.18. The van der Waals surface area contributed by atoms with Gasteiger partial charge in [-0.3, -0.25) is 0 Å². The van der Waals surface area contributed by atoms with E-state index in [9.17, 15) is 30.7 Å². The Kier molecular flexibility index (Phi) is 7.07. The van der Waals surface area contributed by atoms with Crippen LogP contribution in [0.3, 0.4) is 0 Å². The third kappa shape index (κ3) is 5.45. The van der Waals surface area contributed by atoms with Crippen molar-refractivity contribution < 1.29 is 30.7 Å². The van der Waals surface area contributed by atoms with Crippen molar-refractivity contribution in [2.75, 3.05) is 0 Å². The highest BCUT2D eigenvalue weighted by molar-refractivity contribution is 6.31. The molecule has 30 heavy (non-hydrogen) atoms. The number of halogens is 8. The van der Waals surface area contributed by atoms with E-state index in [2.05, 4.69) is 6.58 Å². The van der Waals surface area contributed by atoms with Crippen LogP contribution in [0, 0.1) is 0 Å². The Morgan fingerprint density at radius 1 is 1.07 bits per heavy atom. The lowest BCUT2D eigenvalue weighted by atomic mass is 9.94. The molecule has 0 radical (unpaired) electrons. The number of alkyl halides is 6. The standard InChI is InChI=1S/C22H18ClF7/c1-4-13-5-6-14(10-19(13)23)17(21(25,26)27)11-20(24)15-7-8-16(12(2)3)18(9-15)22(28,29)30/h5-11,17H,2,4H2,1,3H3/b20-11-. The Labute approximate surface area is 174 Å². The van der Waals surface area contributed by atoms with Crippen molar-refractivity contribution >= 4 is 23.0 Å². The van der Waals surface area contributed by atoms with Gasteiger partial charge in [-0.15, -0.1) is 0 Å². The fourth-order valence-corrected chi connectivity index (χ4v) is 3.29. The second kappa shape index (κ2) is 8.84. The van der Waals surface area contributed by atoms with E-state index in [1.54, 1.807) is 6.92 Å². The summed E-state index contributed by atoms with van der Waals surface area (Å²) in [6, 6.07) is 6.14. The van der Waals surface area contributed by atoms with E-state index in [0.717, 1.165) is 18.2 Å². The van der Waals surface area contributed by atoms with E-state index in [0.29, 0.717) is 18.1 Å². The fraction of sp³-hybridized carbons (Fsp3) is 0.273. The largest absolute Gasteiger partial charge is 0.417 e. The second-order valence-electron chi connectivity index (χ2n) is 6.78. The molecule has 0 aliphatic heterocycles. The summed E-state index contributed by atoms with van der Waals surface area (Å²) in [4.78, 5) is 0. The molecule has 0 aliphatic rings. The van der Waals surface area contributed by atoms with Gasteiger partial charge in [-0.1, -0.05) is 54.9 Å². The maximum atomic E-state index is 14.7. The average Bonchev–Trinajstić information content (AvgIpc) is 2.63. The number of hydrogen-bond donors (Lipinski definition) is 0. The van der Waals surface area contributed by atoms with Gasteiger partial charge < -0.3 is 0 Å². The SMILES string of the molecule is C=C(C)c1ccc(/C(F)=C/C(c2ccc(CC)c(Cl)c2)C(F)(F)F)cc1C(F)(F)F. The van der Waals surface area contributed by atoms with E-state index in [1.165, 1.54) is 19.1 Å². The van der Waals surface area contributed by atoms with Crippen molar-refractivity contribution in [3.05, 3.63) is 81.9 Å². The summed E-state index contributed by atoms with van der Waals surface area (Å²) < 4.78 is 95.4. The molecule has 0 bridgehead atoms. The summed E-state index contributed by atoms with van der Waals surface area (Å²) in [5, 5.41) is 0.100. The molecule has 162 valence electrons. The van der Waals surface area contributed by atoms with Crippen LogP contribution in [-0.2, 0) is 12.6 Å².